The summed E-state index contributed by atoms with van der Waals surface area (Å²) in [6.07, 6.45) is 3.10. The minimum atomic E-state index is -0.811. The molecular weight excluding hydrogens is 480 g/mol. The number of aromatic nitrogens is 4. The maximum Gasteiger partial charge on any atom is 0.330 e. The van der Waals surface area contributed by atoms with E-state index in [0.717, 1.165) is 10.5 Å². The number of rotatable bonds is 6. The number of amides is 1. The Kier molecular flexibility index (Phi) is 5.56. The van der Waals surface area contributed by atoms with Crippen molar-refractivity contribution in [2.75, 3.05) is 10.6 Å². The molecule has 3 N–H and O–H groups in total. The number of halogens is 1. The predicted molar refractivity (Wildman–Crippen MR) is 129 cm³/mol. The van der Waals surface area contributed by atoms with Crippen molar-refractivity contribution in [3.8, 4) is 0 Å². The molecule has 5 rings (SSSR count). The summed E-state index contributed by atoms with van der Waals surface area (Å²) < 4.78 is 8.15. The molecule has 0 bridgehead atoms. The van der Waals surface area contributed by atoms with E-state index in [2.05, 4.69) is 9.97 Å². The number of nitrogens with zero attached hydrogens (tertiary/aromatic N) is 4. The van der Waals surface area contributed by atoms with E-state index in [1.54, 1.807) is 23.7 Å². The van der Waals surface area contributed by atoms with Gasteiger partial charge in [0.15, 0.2) is 21.5 Å². The highest BCUT2D eigenvalue weighted by atomic mass is 35.5. The minimum absolute atomic E-state index is 0.0195. The van der Waals surface area contributed by atoms with Gasteiger partial charge >= 0.3 is 5.69 Å². The van der Waals surface area contributed by atoms with Crippen LogP contribution in [0.2, 0.25) is 5.15 Å². The second kappa shape index (κ2) is 8.69. The van der Waals surface area contributed by atoms with Gasteiger partial charge in [-0.1, -0.05) is 41.9 Å². The number of nitrogen functional groups attached to an aromatic ring is 1. The summed E-state index contributed by atoms with van der Waals surface area (Å²) in [6, 6.07) is 12.4. The number of aromatic amines is 1. The van der Waals surface area contributed by atoms with Crippen molar-refractivity contribution < 1.29 is 9.21 Å². The summed E-state index contributed by atoms with van der Waals surface area (Å²) >= 11 is 7.60. The van der Waals surface area contributed by atoms with E-state index in [1.807, 2.05) is 30.3 Å². The molecule has 10 nitrogen and oxygen atoms in total. The van der Waals surface area contributed by atoms with E-state index in [0.29, 0.717) is 10.7 Å². The molecule has 4 aromatic heterocycles. The van der Waals surface area contributed by atoms with Gasteiger partial charge in [-0.25, -0.2) is 9.78 Å². The number of nitrogens with two attached hydrogens (primary N) is 1. The lowest BCUT2D eigenvalue weighted by atomic mass is 10.2. The molecular formula is C22H17ClN6O4S. The zero-order valence-electron chi connectivity index (χ0n) is 17.5. The number of anilines is 2. The Morgan fingerprint density at radius 3 is 2.74 bits per heavy atom. The van der Waals surface area contributed by atoms with Crippen molar-refractivity contribution in [1.82, 2.24) is 18.9 Å². The number of carbonyl (C=O) groups excluding carboxylic acids is 1. The maximum atomic E-state index is 13.8. The number of carbonyl (C=O) groups is 1. The molecule has 4 heterocycles. The Labute approximate surface area is 200 Å². The number of H-pyrrole nitrogens is 1. The van der Waals surface area contributed by atoms with E-state index in [-0.39, 0.29) is 35.4 Å². The fourth-order valence-electron chi connectivity index (χ4n) is 3.65. The van der Waals surface area contributed by atoms with Gasteiger partial charge in [-0.3, -0.25) is 28.4 Å². The summed E-state index contributed by atoms with van der Waals surface area (Å²) in [5.74, 6) is -0.399. The Morgan fingerprint density at radius 1 is 1.21 bits per heavy atom. The topological polar surface area (TPSA) is 132 Å². The Bertz CT molecular complexity index is 1600. The Hall–Kier alpha value is -4.09. The lowest BCUT2D eigenvalue weighted by Crippen LogP contribution is -2.41. The van der Waals surface area contributed by atoms with Gasteiger partial charge in [0.05, 0.1) is 19.4 Å². The van der Waals surface area contributed by atoms with E-state index >= 15 is 0 Å². The molecule has 12 heteroatoms. The summed E-state index contributed by atoms with van der Waals surface area (Å²) in [5.41, 5.74) is 5.50. The van der Waals surface area contributed by atoms with E-state index in [4.69, 9.17) is 21.8 Å². The molecule has 0 aliphatic rings. The van der Waals surface area contributed by atoms with Gasteiger partial charge in [0.25, 0.3) is 11.5 Å². The van der Waals surface area contributed by atoms with Crippen LogP contribution in [0.15, 0.2) is 74.3 Å². The van der Waals surface area contributed by atoms with Gasteiger partial charge < -0.3 is 10.2 Å². The van der Waals surface area contributed by atoms with Crippen LogP contribution in [-0.2, 0) is 13.1 Å². The van der Waals surface area contributed by atoms with Gasteiger partial charge in [0.2, 0.25) is 0 Å². The largest absolute Gasteiger partial charge is 0.467 e. The van der Waals surface area contributed by atoms with Crippen molar-refractivity contribution in [3.63, 3.8) is 0 Å². The molecule has 0 saturated carbocycles. The second-order valence-electron chi connectivity index (χ2n) is 7.34. The van der Waals surface area contributed by atoms with Crippen LogP contribution in [0.1, 0.15) is 21.8 Å². The van der Waals surface area contributed by atoms with Crippen LogP contribution in [0.3, 0.4) is 0 Å². The fraction of sp³-hybridized carbons (Fsp3) is 0.0909. The van der Waals surface area contributed by atoms with Crippen LogP contribution < -0.4 is 21.9 Å². The molecule has 5 aromatic rings. The SMILES string of the molecule is Nc1c(N(Cc2ccco2)C(=O)c2c(Cl)nc3sccn23)c(=O)[nH]c(=O)n1Cc1ccccc1. The van der Waals surface area contributed by atoms with Crippen molar-refractivity contribution in [3.05, 3.63) is 103 Å². The Balaban J connectivity index is 1.67. The molecule has 1 aromatic carbocycles. The van der Waals surface area contributed by atoms with Crippen LogP contribution in [0.25, 0.3) is 4.96 Å². The van der Waals surface area contributed by atoms with Crippen molar-refractivity contribution in [2.45, 2.75) is 13.1 Å². The van der Waals surface area contributed by atoms with Gasteiger partial charge in [0, 0.05) is 11.6 Å². The van der Waals surface area contributed by atoms with Crippen LogP contribution in [0.4, 0.5) is 11.5 Å². The highest BCUT2D eigenvalue weighted by molar-refractivity contribution is 7.15. The number of fused-ring (bicyclic) bond motifs is 1. The number of benzene rings is 1. The number of thiazole rings is 1. The molecule has 0 unspecified atom stereocenters. The Morgan fingerprint density at radius 2 is 2.00 bits per heavy atom. The number of nitrogens with one attached hydrogen (secondary N) is 1. The quantitative estimate of drug-likeness (QED) is 0.371. The van der Waals surface area contributed by atoms with E-state index in [9.17, 15) is 14.4 Å². The fourth-order valence-corrected chi connectivity index (χ4v) is 4.67. The second-order valence-corrected chi connectivity index (χ2v) is 8.57. The number of furan rings is 1. The standard InChI is InChI=1S/C22H17ClN6O4S/c23-17-15(27-8-10-34-22(27)25-17)20(31)28(12-14-7-4-9-33-14)16-18(24)29(21(32)26-19(16)30)11-13-5-2-1-3-6-13/h1-10H,11-12,24H2,(H,26,30,32). The summed E-state index contributed by atoms with van der Waals surface area (Å²) in [6.45, 7) is -0.0311. The molecule has 0 aliphatic carbocycles. The average Bonchev–Trinajstić information content (AvgIpc) is 3.54. The minimum Gasteiger partial charge on any atom is -0.467 e. The van der Waals surface area contributed by atoms with Crippen LogP contribution in [-0.4, -0.2) is 24.8 Å². The van der Waals surface area contributed by atoms with Crippen LogP contribution in [0.5, 0.6) is 0 Å². The summed E-state index contributed by atoms with van der Waals surface area (Å²) in [4.78, 5) is 47.5. The molecule has 172 valence electrons. The molecule has 0 atom stereocenters. The third-order valence-electron chi connectivity index (χ3n) is 5.23. The summed E-state index contributed by atoms with van der Waals surface area (Å²) in [7, 11) is 0. The molecule has 1 amide bonds. The van der Waals surface area contributed by atoms with E-state index < -0.39 is 17.2 Å². The van der Waals surface area contributed by atoms with Gasteiger partial charge in [-0.15, -0.1) is 11.3 Å². The molecule has 0 fully saturated rings. The zero-order valence-corrected chi connectivity index (χ0v) is 19.0. The van der Waals surface area contributed by atoms with Crippen molar-refractivity contribution in [1.29, 1.82) is 0 Å². The van der Waals surface area contributed by atoms with Gasteiger partial charge in [-0.2, -0.15) is 0 Å². The normalized spacial score (nSPS) is 11.2. The lowest BCUT2D eigenvalue weighted by molar-refractivity contribution is 0.0977. The number of hydrogen-bond donors (Lipinski definition) is 2. The van der Waals surface area contributed by atoms with Gasteiger partial charge in [-0.05, 0) is 17.7 Å². The monoisotopic (exact) mass is 496 g/mol. The van der Waals surface area contributed by atoms with Crippen LogP contribution in [0, 0.1) is 0 Å². The first kappa shape index (κ1) is 21.7. The maximum absolute atomic E-state index is 13.8. The van der Waals surface area contributed by atoms with Crippen molar-refractivity contribution >= 4 is 45.3 Å². The molecule has 0 saturated heterocycles. The third kappa shape index (κ3) is 3.80. The third-order valence-corrected chi connectivity index (χ3v) is 6.25. The average molecular weight is 497 g/mol. The highest BCUT2D eigenvalue weighted by Crippen LogP contribution is 2.27. The van der Waals surface area contributed by atoms with Crippen molar-refractivity contribution in [2.24, 2.45) is 0 Å². The van der Waals surface area contributed by atoms with E-state index in [1.165, 1.54) is 26.6 Å². The van der Waals surface area contributed by atoms with Crippen LogP contribution >= 0.6 is 22.9 Å². The first-order chi connectivity index (χ1) is 16.4. The highest BCUT2D eigenvalue weighted by Gasteiger charge is 2.30. The summed E-state index contributed by atoms with van der Waals surface area (Å²) in [5, 5.41) is 1.74. The molecule has 0 radical (unpaired) electrons. The first-order valence-corrected chi connectivity index (χ1v) is 11.3. The van der Waals surface area contributed by atoms with Gasteiger partial charge in [0.1, 0.15) is 11.6 Å². The molecule has 34 heavy (non-hydrogen) atoms. The first-order valence-electron chi connectivity index (χ1n) is 10.1. The predicted octanol–water partition coefficient (Wildman–Crippen LogP) is 2.97. The smallest absolute Gasteiger partial charge is 0.330 e. The zero-order chi connectivity index (χ0) is 23.8. The molecule has 0 aliphatic heterocycles. The number of imidazole rings is 1. The molecule has 0 spiro atoms. The number of hydrogen-bond acceptors (Lipinski definition) is 7. The lowest BCUT2D eigenvalue weighted by Gasteiger charge is -2.23.